The zero-order valence-corrected chi connectivity index (χ0v) is 15.5. The first-order valence-corrected chi connectivity index (χ1v) is 9.03. The molecule has 0 saturated carbocycles. The molecule has 0 aliphatic carbocycles. The van der Waals surface area contributed by atoms with E-state index in [0.29, 0.717) is 5.56 Å². The van der Waals surface area contributed by atoms with Crippen molar-refractivity contribution < 1.29 is 13.6 Å². The summed E-state index contributed by atoms with van der Waals surface area (Å²) in [5.74, 6) is -2.47. The van der Waals surface area contributed by atoms with Gasteiger partial charge in [-0.15, -0.1) is 0 Å². The van der Waals surface area contributed by atoms with Crippen LogP contribution < -0.4 is 5.73 Å². The second-order valence-electron chi connectivity index (χ2n) is 6.59. The molecule has 4 heteroatoms. The molecule has 3 aromatic carbocycles. The molecule has 2 nitrogen and oxygen atoms in total. The van der Waals surface area contributed by atoms with Gasteiger partial charge in [0.2, 0.25) is 5.91 Å². The Hall–Kier alpha value is -3.27. The minimum Gasteiger partial charge on any atom is -0.369 e. The highest BCUT2D eigenvalue weighted by Crippen LogP contribution is 2.40. The third-order valence-corrected chi connectivity index (χ3v) is 4.78. The number of rotatable bonds is 6. The standard InChI is InChI=1S/C24H21F2NO/c1-2-5-16-6-3-4-7-21(16)22(17-8-12-19(25)13-9-17)23(24(27)28)18-10-14-20(26)15-11-18/h2-15,22-23H,1H3,(H2,27,28)/b5-2-. The summed E-state index contributed by atoms with van der Waals surface area (Å²) in [6.07, 6.45) is 3.87. The number of halogens is 2. The third kappa shape index (κ3) is 4.17. The van der Waals surface area contributed by atoms with Crippen molar-refractivity contribution in [1.29, 1.82) is 0 Å². The molecule has 3 rings (SSSR count). The van der Waals surface area contributed by atoms with E-state index >= 15 is 0 Å². The molecule has 142 valence electrons. The molecule has 2 N–H and O–H groups in total. The fourth-order valence-corrected chi connectivity index (χ4v) is 3.54. The maximum atomic E-state index is 13.5. The molecular weight excluding hydrogens is 356 g/mol. The number of nitrogens with two attached hydrogens (primary N) is 1. The number of hydrogen-bond donors (Lipinski definition) is 1. The van der Waals surface area contributed by atoms with Crippen LogP contribution in [0.1, 0.15) is 41.0 Å². The number of carbonyl (C=O) groups excluding carboxylic acids is 1. The monoisotopic (exact) mass is 377 g/mol. The van der Waals surface area contributed by atoms with Crippen molar-refractivity contribution in [3.63, 3.8) is 0 Å². The van der Waals surface area contributed by atoms with E-state index in [9.17, 15) is 13.6 Å². The molecule has 0 heterocycles. The third-order valence-electron chi connectivity index (χ3n) is 4.78. The molecule has 0 aliphatic heterocycles. The average Bonchev–Trinajstić information content (AvgIpc) is 2.69. The van der Waals surface area contributed by atoms with Gasteiger partial charge in [-0.3, -0.25) is 4.79 Å². The lowest BCUT2D eigenvalue weighted by molar-refractivity contribution is -0.119. The largest absolute Gasteiger partial charge is 0.369 e. The van der Waals surface area contributed by atoms with Crippen LogP contribution in [0, 0.1) is 11.6 Å². The van der Waals surface area contributed by atoms with Crippen LogP contribution in [-0.4, -0.2) is 5.91 Å². The molecule has 0 spiro atoms. The molecule has 2 unspecified atom stereocenters. The first kappa shape index (κ1) is 19.5. The van der Waals surface area contributed by atoms with Gasteiger partial charge in [0.25, 0.3) is 0 Å². The molecule has 28 heavy (non-hydrogen) atoms. The molecule has 0 bridgehead atoms. The van der Waals surface area contributed by atoms with E-state index in [1.54, 1.807) is 24.3 Å². The van der Waals surface area contributed by atoms with Crippen molar-refractivity contribution in [3.8, 4) is 0 Å². The lowest BCUT2D eigenvalue weighted by Crippen LogP contribution is -2.28. The summed E-state index contributed by atoms with van der Waals surface area (Å²) in [5.41, 5.74) is 9.00. The van der Waals surface area contributed by atoms with Gasteiger partial charge in [0.05, 0.1) is 5.92 Å². The first-order valence-electron chi connectivity index (χ1n) is 9.03. The van der Waals surface area contributed by atoms with Gasteiger partial charge >= 0.3 is 0 Å². The molecule has 0 aliphatic rings. The van der Waals surface area contributed by atoms with Crippen LogP contribution in [0.25, 0.3) is 6.08 Å². The Morgan fingerprint density at radius 2 is 1.39 bits per heavy atom. The van der Waals surface area contributed by atoms with E-state index in [1.165, 1.54) is 24.3 Å². The van der Waals surface area contributed by atoms with Crippen LogP contribution in [0.15, 0.2) is 78.9 Å². The van der Waals surface area contributed by atoms with Gasteiger partial charge in [0, 0.05) is 5.92 Å². The van der Waals surface area contributed by atoms with Gasteiger partial charge in [0.1, 0.15) is 11.6 Å². The Morgan fingerprint density at radius 1 is 0.857 bits per heavy atom. The molecular formula is C24H21F2NO. The fourth-order valence-electron chi connectivity index (χ4n) is 3.54. The van der Waals surface area contributed by atoms with E-state index in [-0.39, 0.29) is 11.6 Å². The maximum Gasteiger partial charge on any atom is 0.225 e. The number of amides is 1. The molecule has 0 saturated heterocycles. The first-order chi connectivity index (χ1) is 13.5. The normalized spacial score (nSPS) is 13.4. The number of hydrogen-bond acceptors (Lipinski definition) is 1. The Bertz CT molecular complexity index is 978. The molecule has 0 aromatic heterocycles. The Morgan fingerprint density at radius 3 is 1.93 bits per heavy atom. The van der Waals surface area contributed by atoms with Crippen LogP contribution in [0.4, 0.5) is 8.78 Å². The van der Waals surface area contributed by atoms with E-state index < -0.39 is 17.7 Å². The second kappa shape index (κ2) is 8.61. The summed E-state index contributed by atoms with van der Waals surface area (Å²) < 4.78 is 27.0. The predicted molar refractivity (Wildman–Crippen MR) is 108 cm³/mol. The Labute approximate surface area is 163 Å². The van der Waals surface area contributed by atoms with E-state index in [2.05, 4.69) is 0 Å². The summed E-state index contributed by atoms with van der Waals surface area (Å²) in [5, 5.41) is 0. The van der Waals surface area contributed by atoms with Crippen molar-refractivity contribution >= 4 is 12.0 Å². The van der Waals surface area contributed by atoms with Crippen molar-refractivity contribution in [3.05, 3.63) is 113 Å². The number of carbonyl (C=O) groups is 1. The Balaban J connectivity index is 2.24. The zero-order valence-electron chi connectivity index (χ0n) is 15.5. The van der Waals surface area contributed by atoms with E-state index in [0.717, 1.165) is 16.7 Å². The van der Waals surface area contributed by atoms with Gasteiger partial charge in [-0.2, -0.15) is 0 Å². The fraction of sp³-hybridized carbons (Fsp3) is 0.125. The summed E-state index contributed by atoms with van der Waals surface area (Å²) >= 11 is 0. The maximum absolute atomic E-state index is 13.5. The average molecular weight is 377 g/mol. The van der Waals surface area contributed by atoms with Gasteiger partial charge in [0.15, 0.2) is 0 Å². The summed E-state index contributed by atoms with van der Waals surface area (Å²) in [6, 6.07) is 19.5. The number of allylic oxidation sites excluding steroid dienone is 1. The minimum absolute atomic E-state index is 0.360. The minimum atomic E-state index is -0.738. The molecule has 3 aromatic rings. The lowest BCUT2D eigenvalue weighted by atomic mass is 9.75. The number of primary amides is 1. The highest BCUT2D eigenvalue weighted by Gasteiger charge is 2.32. The van der Waals surface area contributed by atoms with Gasteiger partial charge in [-0.1, -0.05) is 60.7 Å². The summed E-state index contributed by atoms with van der Waals surface area (Å²) in [6.45, 7) is 1.91. The van der Waals surface area contributed by atoms with Crippen LogP contribution >= 0.6 is 0 Å². The topological polar surface area (TPSA) is 43.1 Å². The van der Waals surface area contributed by atoms with E-state index in [4.69, 9.17) is 5.73 Å². The van der Waals surface area contributed by atoms with Gasteiger partial charge in [-0.25, -0.2) is 8.78 Å². The van der Waals surface area contributed by atoms with Crippen LogP contribution in [0.2, 0.25) is 0 Å². The van der Waals surface area contributed by atoms with Crippen LogP contribution in [-0.2, 0) is 4.79 Å². The smallest absolute Gasteiger partial charge is 0.225 e. The number of benzene rings is 3. The van der Waals surface area contributed by atoms with Crippen molar-refractivity contribution in [2.24, 2.45) is 5.73 Å². The highest BCUT2D eigenvalue weighted by molar-refractivity contribution is 5.84. The SMILES string of the molecule is C/C=C\c1ccccc1C(c1ccc(F)cc1)C(C(N)=O)c1ccc(F)cc1. The second-order valence-corrected chi connectivity index (χ2v) is 6.59. The predicted octanol–water partition coefficient (Wildman–Crippen LogP) is 5.40. The summed E-state index contributed by atoms with van der Waals surface area (Å²) in [4.78, 5) is 12.5. The quantitative estimate of drug-likeness (QED) is 0.614. The zero-order chi connectivity index (χ0) is 20.1. The van der Waals surface area contributed by atoms with Crippen LogP contribution in [0.5, 0.6) is 0 Å². The molecule has 0 radical (unpaired) electrons. The Kier molecular flexibility index (Phi) is 5.99. The van der Waals surface area contributed by atoms with Crippen molar-refractivity contribution in [1.82, 2.24) is 0 Å². The molecule has 1 amide bonds. The van der Waals surface area contributed by atoms with Crippen LogP contribution in [0.3, 0.4) is 0 Å². The van der Waals surface area contributed by atoms with Crippen molar-refractivity contribution in [2.75, 3.05) is 0 Å². The van der Waals surface area contributed by atoms with Crippen molar-refractivity contribution in [2.45, 2.75) is 18.8 Å². The van der Waals surface area contributed by atoms with E-state index in [1.807, 2.05) is 43.3 Å². The summed E-state index contributed by atoms with van der Waals surface area (Å²) in [7, 11) is 0. The molecule has 0 fully saturated rings. The highest BCUT2D eigenvalue weighted by atomic mass is 19.1. The lowest BCUT2D eigenvalue weighted by Gasteiger charge is -2.28. The van der Waals surface area contributed by atoms with Gasteiger partial charge in [-0.05, 0) is 53.4 Å². The van der Waals surface area contributed by atoms with Gasteiger partial charge < -0.3 is 5.73 Å². The molecule has 2 atom stereocenters.